The first-order chi connectivity index (χ1) is 8.49. The lowest BCUT2D eigenvalue weighted by atomic mass is 10.1. The van der Waals surface area contributed by atoms with E-state index in [1.807, 2.05) is 17.9 Å². The highest BCUT2D eigenvalue weighted by Gasteiger charge is 2.31. The molecular formula is C13H16BrNO2S. The lowest BCUT2D eigenvalue weighted by Crippen LogP contribution is -2.36. The van der Waals surface area contributed by atoms with Crippen molar-refractivity contribution in [1.82, 2.24) is 4.90 Å². The van der Waals surface area contributed by atoms with E-state index >= 15 is 0 Å². The molecule has 5 heteroatoms. The van der Waals surface area contributed by atoms with Gasteiger partial charge in [0.2, 0.25) is 0 Å². The van der Waals surface area contributed by atoms with Crippen molar-refractivity contribution in [2.75, 3.05) is 6.54 Å². The number of carbonyl (C=O) groups is 2. The van der Waals surface area contributed by atoms with Crippen LogP contribution in [-0.4, -0.2) is 29.2 Å². The highest BCUT2D eigenvalue weighted by Crippen LogP contribution is 2.30. The largest absolute Gasteiger partial charge is 0.335 e. The van der Waals surface area contributed by atoms with Gasteiger partial charge >= 0.3 is 0 Å². The predicted octanol–water partition coefficient (Wildman–Crippen LogP) is 3.40. The third kappa shape index (κ3) is 2.83. The number of thiophene rings is 1. The first-order valence-electron chi connectivity index (χ1n) is 6.05. The maximum Gasteiger partial charge on any atom is 0.264 e. The third-order valence-corrected chi connectivity index (χ3v) is 5.35. The number of carbonyl (C=O) groups excluding carboxylic acids is 2. The van der Waals surface area contributed by atoms with Crippen LogP contribution in [0, 0.1) is 6.92 Å². The summed E-state index contributed by atoms with van der Waals surface area (Å²) in [7, 11) is 0. The minimum atomic E-state index is 0.0672. The van der Waals surface area contributed by atoms with E-state index in [4.69, 9.17) is 0 Å². The Morgan fingerprint density at radius 2 is 2.28 bits per heavy atom. The fourth-order valence-corrected chi connectivity index (χ4v) is 3.84. The predicted molar refractivity (Wildman–Crippen MR) is 76.1 cm³/mol. The van der Waals surface area contributed by atoms with Gasteiger partial charge in [-0.25, -0.2) is 0 Å². The van der Waals surface area contributed by atoms with Crippen molar-refractivity contribution in [3.63, 3.8) is 0 Å². The van der Waals surface area contributed by atoms with E-state index in [0.717, 1.165) is 33.6 Å². The summed E-state index contributed by atoms with van der Waals surface area (Å²) in [4.78, 5) is 26.2. The molecule has 2 heterocycles. The van der Waals surface area contributed by atoms with Gasteiger partial charge in [-0.05, 0) is 54.2 Å². The molecule has 0 aliphatic carbocycles. The minimum absolute atomic E-state index is 0.0672. The van der Waals surface area contributed by atoms with Crippen LogP contribution in [0.25, 0.3) is 0 Å². The quantitative estimate of drug-likeness (QED) is 0.852. The molecule has 1 aliphatic rings. The maximum absolute atomic E-state index is 12.4. The second-order valence-electron chi connectivity index (χ2n) is 4.77. The smallest absolute Gasteiger partial charge is 0.264 e. The number of ketones is 1. The standard InChI is InChI=1S/C13H16BrNO2S/c1-8-6-11(18-12(8)14)13(17)15-5-3-4-10(15)7-9(2)16/h6,10H,3-5,7H2,1-2H3. The van der Waals surface area contributed by atoms with Gasteiger partial charge in [-0.2, -0.15) is 0 Å². The van der Waals surface area contributed by atoms with E-state index < -0.39 is 0 Å². The van der Waals surface area contributed by atoms with Gasteiger partial charge in [-0.1, -0.05) is 0 Å². The van der Waals surface area contributed by atoms with E-state index in [9.17, 15) is 9.59 Å². The van der Waals surface area contributed by atoms with Gasteiger partial charge < -0.3 is 4.90 Å². The molecule has 0 saturated carbocycles. The number of hydrogen-bond acceptors (Lipinski definition) is 3. The summed E-state index contributed by atoms with van der Waals surface area (Å²) in [5.74, 6) is 0.223. The van der Waals surface area contributed by atoms with E-state index in [0.29, 0.717) is 6.42 Å². The molecular weight excluding hydrogens is 314 g/mol. The van der Waals surface area contributed by atoms with Crippen LogP contribution in [-0.2, 0) is 4.79 Å². The van der Waals surface area contributed by atoms with Crippen molar-refractivity contribution in [2.45, 2.75) is 39.2 Å². The van der Waals surface area contributed by atoms with Crippen molar-refractivity contribution >= 4 is 39.0 Å². The van der Waals surface area contributed by atoms with Gasteiger partial charge in [-0.15, -0.1) is 11.3 Å². The van der Waals surface area contributed by atoms with Gasteiger partial charge in [0.1, 0.15) is 5.78 Å². The summed E-state index contributed by atoms with van der Waals surface area (Å²) in [5, 5.41) is 0. The molecule has 0 bridgehead atoms. The number of halogens is 1. The Labute approximate surface area is 119 Å². The Hall–Kier alpha value is -0.680. The molecule has 0 aromatic carbocycles. The molecule has 0 radical (unpaired) electrons. The number of nitrogens with zero attached hydrogens (tertiary/aromatic N) is 1. The van der Waals surface area contributed by atoms with Crippen molar-refractivity contribution in [3.05, 3.63) is 20.3 Å². The second-order valence-corrected chi connectivity index (χ2v) is 7.14. The van der Waals surface area contributed by atoms with Crippen LogP contribution in [0.1, 0.15) is 41.4 Å². The van der Waals surface area contributed by atoms with Crippen molar-refractivity contribution in [2.24, 2.45) is 0 Å². The van der Waals surface area contributed by atoms with Crippen LogP contribution in [0.5, 0.6) is 0 Å². The zero-order chi connectivity index (χ0) is 13.3. The highest BCUT2D eigenvalue weighted by molar-refractivity contribution is 9.11. The van der Waals surface area contributed by atoms with E-state index in [1.54, 1.807) is 6.92 Å². The van der Waals surface area contributed by atoms with E-state index in [1.165, 1.54) is 11.3 Å². The molecule has 98 valence electrons. The van der Waals surface area contributed by atoms with Crippen LogP contribution in [0.2, 0.25) is 0 Å². The monoisotopic (exact) mass is 329 g/mol. The average Bonchev–Trinajstić information content (AvgIpc) is 2.85. The fraction of sp³-hybridized carbons (Fsp3) is 0.538. The summed E-state index contributed by atoms with van der Waals surface area (Å²) >= 11 is 4.91. The van der Waals surface area contributed by atoms with E-state index in [2.05, 4.69) is 15.9 Å². The van der Waals surface area contributed by atoms with E-state index in [-0.39, 0.29) is 17.7 Å². The molecule has 1 aromatic heterocycles. The molecule has 2 rings (SSSR count). The van der Waals surface area contributed by atoms with Crippen molar-refractivity contribution in [3.8, 4) is 0 Å². The van der Waals surface area contributed by atoms with Gasteiger partial charge in [0.15, 0.2) is 0 Å². The fourth-order valence-electron chi connectivity index (χ4n) is 2.35. The Morgan fingerprint density at radius 3 is 2.83 bits per heavy atom. The van der Waals surface area contributed by atoms with Crippen LogP contribution < -0.4 is 0 Å². The summed E-state index contributed by atoms with van der Waals surface area (Å²) in [6.07, 6.45) is 2.42. The second kappa shape index (κ2) is 5.53. The van der Waals surface area contributed by atoms with Gasteiger partial charge in [0, 0.05) is 19.0 Å². The molecule has 1 amide bonds. The third-order valence-electron chi connectivity index (χ3n) is 3.23. The number of rotatable bonds is 3. The molecule has 1 atom stereocenters. The Kier molecular flexibility index (Phi) is 4.22. The van der Waals surface area contributed by atoms with Gasteiger partial charge in [0.05, 0.1) is 8.66 Å². The number of amides is 1. The zero-order valence-electron chi connectivity index (χ0n) is 10.5. The molecule has 1 unspecified atom stereocenters. The molecule has 18 heavy (non-hydrogen) atoms. The summed E-state index contributed by atoms with van der Waals surface area (Å²) < 4.78 is 1.01. The van der Waals surface area contributed by atoms with Crippen LogP contribution in [0.3, 0.4) is 0 Å². The maximum atomic E-state index is 12.4. The molecule has 1 aromatic rings. The molecule has 0 spiro atoms. The van der Waals surface area contributed by atoms with Crippen LogP contribution >= 0.6 is 27.3 Å². The summed E-state index contributed by atoms with van der Waals surface area (Å²) in [5.41, 5.74) is 1.09. The number of hydrogen-bond donors (Lipinski definition) is 0. The van der Waals surface area contributed by atoms with Crippen LogP contribution in [0.4, 0.5) is 0 Å². The first kappa shape index (κ1) is 13.7. The normalized spacial score (nSPS) is 19.3. The topological polar surface area (TPSA) is 37.4 Å². The highest BCUT2D eigenvalue weighted by atomic mass is 79.9. The number of Topliss-reactive ketones (excluding diaryl/α,β-unsaturated/α-hetero) is 1. The zero-order valence-corrected chi connectivity index (χ0v) is 12.9. The average molecular weight is 330 g/mol. The van der Waals surface area contributed by atoms with Gasteiger partial charge in [-0.3, -0.25) is 9.59 Å². The summed E-state index contributed by atoms with van der Waals surface area (Å²) in [6.45, 7) is 4.34. The first-order valence-corrected chi connectivity index (χ1v) is 7.66. The number of aryl methyl sites for hydroxylation is 1. The molecule has 1 fully saturated rings. The number of likely N-dealkylation sites (tertiary alicyclic amines) is 1. The lowest BCUT2D eigenvalue weighted by molar-refractivity contribution is -0.117. The van der Waals surface area contributed by atoms with Crippen molar-refractivity contribution in [1.29, 1.82) is 0 Å². The molecule has 3 nitrogen and oxygen atoms in total. The van der Waals surface area contributed by atoms with Crippen LogP contribution in [0.15, 0.2) is 9.85 Å². The Morgan fingerprint density at radius 1 is 1.56 bits per heavy atom. The molecule has 0 N–H and O–H groups in total. The minimum Gasteiger partial charge on any atom is -0.335 e. The molecule has 1 saturated heterocycles. The summed E-state index contributed by atoms with van der Waals surface area (Å²) in [6, 6.07) is 2.01. The lowest BCUT2D eigenvalue weighted by Gasteiger charge is -2.23. The molecule has 1 aliphatic heterocycles. The Bertz CT molecular complexity index is 464. The SMILES string of the molecule is CC(=O)CC1CCCN1C(=O)c1cc(C)c(Br)s1. The Balaban J connectivity index is 2.15. The van der Waals surface area contributed by atoms with Gasteiger partial charge in [0.25, 0.3) is 5.91 Å². The van der Waals surface area contributed by atoms with Crippen molar-refractivity contribution < 1.29 is 9.59 Å².